The molecule has 1 saturated heterocycles. The van der Waals surface area contributed by atoms with E-state index in [-0.39, 0.29) is 17.9 Å². The Morgan fingerprint density at radius 1 is 1.09 bits per heavy atom. The molecule has 2 aromatic carbocycles. The van der Waals surface area contributed by atoms with Gasteiger partial charge in [-0.05, 0) is 50.3 Å². The summed E-state index contributed by atoms with van der Waals surface area (Å²) >= 11 is 0. The first-order valence-corrected chi connectivity index (χ1v) is 12.8. The van der Waals surface area contributed by atoms with Gasteiger partial charge in [-0.2, -0.15) is 5.10 Å². The molecule has 1 aliphatic carbocycles. The van der Waals surface area contributed by atoms with Gasteiger partial charge in [0.05, 0.1) is 18.2 Å². The maximum atomic E-state index is 13.7. The molecule has 2 aliphatic rings. The number of carbonyl (C=O) groups is 1. The lowest BCUT2D eigenvalue weighted by atomic mass is 10.0. The Hall–Kier alpha value is -3.12. The number of amides is 1. The van der Waals surface area contributed by atoms with E-state index in [1.54, 1.807) is 4.68 Å². The van der Waals surface area contributed by atoms with Crippen LogP contribution in [0.25, 0.3) is 11.3 Å². The minimum absolute atomic E-state index is 0.0957. The van der Waals surface area contributed by atoms with Gasteiger partial charge in [0.2, 0.25) is 11.8 Å². The molecule has 0 N–H and O–H groups in total. The van der Waals surface area contributed by atoms with Crippen LogP contribution >= 0.6 is 0 Å². The van der Waals surface area contributed by atoms with Crippen LogP contribution in [0.3, 0.4) is 0 Å². The van der Waals surface area contributed by atoms with Crippen molar-refractivity contribution < 1.29 is 14.3 Å². The SMILES string of the molecule is Cc1cccc(Oc2c(CN(CC3CCCO3)C(=O)C3CCCC3)c(-c3ccccc3)nn2C)c1. The summed E-state index contributed by atoms with van der Waals surface area (Å²) < 4.78 is 14.2. The van der Waals surface area contributed by atoms with E-state index in [4.69, 9.17) is 14.6 Å². The van der Waals surface area contributed by atoms with Crippen molar-refractivity contribution in [1.29, 1.82) is 0 Å². The van der Waals surface area contributed by atoms with Gasteiger partial charge in [0, 0.05) is 31.7 Å². The van der Waals surface area contributed by atoms with Gasteiger partial charge in [0.15, 0.2) is 0 Å². The van der Waals surface area contributed by atoms with Gasteiger partial charge in [0.25, 0.3) is 0 Å². The van der Waals surface area contributed by atoms with Crippen molar-refractivity contribution in [3.05, 3.63) is 65.7 Å². The van der Waals surface area contributed by atoms with Gasteiger partial charge in [-0.25, -0.2) is 4.68 Å². The van der Waals surface area contributed by atoms with Crippen LogP contribution < -0.4 is 4.74 Å². The summed E-state index contributed by atoms with van der Waals surface area (Å²) in [5, 5.41) is 4.86. The topological polar surface area (TPSA) is 56.6 Å². The molecule has 0 radical (unpaired) electrons. The van der Waals surface area contributed by atoms with Crippen LogP contribution in [0.2, 0.25) is 0 Å². The lowest BCUT2D eigenvalue weighted by Gasteiger charge is -2.28. The van der Waals surface area contributed by atoms with Gasteiger partial charge in [-0.1, -0.05) is 55.3 Å². The summed E-state index contributed by atoms with van der Waals surface area (Å²) in [5.74, 6) is 1.78. The van der Waals surface area contributed by atoms with E-state index in [9.17, 15) is 4.79 Å². The third-order valence-electron chi connectivity index (χ3n) is 7.15. The Balaban J connectivity index is 1.53. The Morgan fingerprint density at radius 3 is 2.60 bits per heavy atom. The minimum Gasteiger partial charge on any atom is -0.439 e. The zero-order valence-corrected chi connectivity index (χ0v) is 20.8. The molecule has 1 aromatic heterocycles. The number of hydrogen-bond acceptors (Lipinski definition) is 4. The second-order valence-corrected chi connectivity index (χ2v) is 9.88. The standard InChI is InChI=1S/C29H35N3O3/c1-21-10-8-15-24(18-21)35-29-26(27(30-31(29)2)22-11-4-3-5-12-22)20-32(19-25-16-9-17-34-25)28(33)23-13-6-7-14-23/h3-5,8,10-12,15,18,23,25H,6-7,9,13-14,16-17,19-20H2,1-2H3. The van der Waals surface area contributed by atoms with E-state index in [0.29, 0.717) is 19.0 Å². The molecule has 5 rings (SSSR count). The zero-order valence-electron chi connectivity index (χ0n) is 20.8. The lowest BCUT2D eigenvalue weighted by Crippen LogP contribution is -2.40. The van der Waals surface area contributed by atoms with E-state index in [1.807, 2.05) is 48.3 Å². The average Bonchev–Trinajstić information content (AvgIpc) is 3.63. The molecular weight excluding hydrogens is 438 g/mol. The van der Waals surface area contributed by atoms with Gasteiger partial charge < -0.3 is 14.4 Å². The van der Waals surface area contributed by atoms with Crippen LogP contribution in [0, 0.1) is 12.8 Å². The molecule has 0 spiro atoms. The predicted octanol–water partition coefficient (Wildman–Crippen LogP) is 5.89. The molecule has 184 valence electrons. The fourth-order valence-corrected chi connectivity index (χ4v) is 5.33. The molecule has 1 saturated carbocycles. The number of ether oxygens (including phenoxy) is 2. The van der Waals surface area contributed by atoms with Crippen LogP contribution in [0.5, 0.6) is 11.6 Å². The number of carbonyl (C=O) groups excluding carboxylic acids is 1. The maximum Gasteiger partial charge on any atom is 0.226 e. The quantitative estimate of drug-likeness (QED) is 0.410. The fraction of sp³-hybridized carbons (Fsp3) is 0.448. The summed E-state index contributed by atoms with van der Waals surface area (Å²) in [6.07, 6.45) is 6.37. The Bertz CT molecular complexity index is 1150. The van der Waals surface area contributed by atoms with E-state index < -0.39 is 0 Å². The number of aromatic nitrogens is 2. The second kappa shape index (κ2) is 10.6. The summed E-state index contributed by atoms with van der Waals surface area (Å²) in [4.78, 5) is 15.7. The van der Waals surface area contributed by atoms with E-state index in [0.717, 1.165) is 73.3 Å². The van der Waals surface area contributed by atoms with Gasteiger partial charge in [0.1, 0.15) is 11.4 Å². The van der Waals surface area contributed by atoms with Crippen molar-refractivity contribution in [3.63, 3.8) is 0 Å². The average molecular weight is 474 g/mol. The fourth-order valence-electron chi connectivity index (χ4n) is 5.33. The van der Waals surface area contributed by atoms with Crippen LogP contribution in [-0.4, -0.2) is 39.8 Å². The molecular formula is C29H35N3O3. The van der Waals surface area contributed by atoms with Crippen molar-refractivity contribution in [2.75, 3.05) is 13.2 Å². The van der Waals surface area contributed by atoms with Crippen LogP contribution in [0.1, 0.15) is 49.7 Å². The third kappa shape index (κ3) is 5.43. The van der Waals surface area contributed by atoms with E-state index in [2.05, 4.69) is 25.1 Å². The predicted molar refractivity (Wildman–Crippen MR) is 136 cm³/mol. The van der Waals surface area contributed by atoms with E-state index in [1.165, 1.54) is 0 Å². The number of benzene rings is 2. The van der Waals surface area contributed by atoms with Crippen molar-refractivity contribution in [1.82, 2.24) is 14.7 Å². The Labute approximate surface area is 207 Å². The highest BCUT2D eigenvalue weighted by Crippen LogP contribution is 2.36. The van der Waals surface area contributed by atoms with Crippen molar-refractivity contribution in [2.24, 2.45) is 13.0 Å². The lowest BCUT2D eigenvalue weighted by molar-refractivity contribution is -0.137. The number of hydrogen-bond donors (Lipinski definition) is 0. The maximum absolute atomic E-state index is 13.7. The van der Waals surface area contributed by atoms with Crippen LogP contribution in [-0.2, 0) is 23.1 Å². The first kappa shape index (κ1) is 23.6. The van der Waals surface area contributed by atoms with Gasteiger partial charge in [-0.15, -0.1) is 0 Å². The largest absolute Gasteiger partial charge is 0.439 e. The van der Waals surface area contributed by atoms with Gasteiger partial charge >= 0.3 is 0 Å². The highest BCUT2D eigenvalue weighted by molar-refractivity contribution is 5.79. The first-order valence-electron chi connectivity index (χ1n) is 12.8. The number of aryl methyl sites for hydroxylation is 2. The molecule has 1 unspecified atom stereocenters. The van der Waals surface area contributed by atoms with E-state index >= 15 is 0 Å². The molecule has 6 nitrogen and oxygen atoms in total. The molecule has 35 heavy (non-hydrogen) atoms. The smallest absolute Gasteiger partial charge is 0.226 e. The molecule has 1 atom stereocenters. The minimum atomic E-state index is 0.0957. The molecule has 2 fully saturated rings. The summed E-state index contributed by atoms with van der Waals surface area (Å²) in [6, 6.07) is 18.2. The molecule has 1 amide bonds. The molecule has 6 heteroatoms. The zero-order chi connectivity index (χ0) is 24.2. The van der Waals surface area contributed by atoms with Crippen molar-refractivity contribution in [3.8, 4) is 22.9 Å². The summed E-state index contributed by atoms with van der Waals surface area (Å²) in [6.45, 7) is 3.90. The third-order valence-corrected chi connectivity index (χ3v) is 7.15. The van der Waals surface area contributed by atoms with Crippen molar-refractivity contribution >= 4 is 5.91 Å². The highest BCUT2D eigenvalue weighted by atomic mass is 16.5. The molecule has 1 aliphatic heterocycles. The molecule has 0 bridgehead atoms. The summed E-state index contributed by atoms with van der Waals surface area (Å²) in [5.41, 5.74) is 3.94. The first-order chi connectivity index (χ1) is 17.1. The Morgan fingerprint density at radius 2 is 1.89 bits per heavy atom. The molecule has 2 heterocycles. The normalized spacial score (nSPS) is 18.2. The summed E-state index contributed by atoms with van der Waals surface area (Å²) in [7, 11) is 1.91. The number of nitrogens with zero attached hydrogens (tertiary/aromatic N) is 3. The van der Waals surface area contributed by atoms with Crippen LogP contribution in [0.15, 0.2) is 54.6 Å². The Kier molecular flexibility index (Phi) is 7.19. The van der Waals surface area contributed by atoms with Crippen molar-refractivity contribution in [2.45, 2.75) is 58.1 Å². The monoisotopic (exact) mass is 473 g/mol. The number of rotatable bonds is 8. The molecule has 3 aromatic rings. The van der Waals surface area contributed by atoms with Gasteiger partial charge in [-0.3, -0.25) is 4.79 Å². The highest BCUT2D eigenvalue weighted by Gasteiger charge is 2.32. The second-order valence-electron chi connectivity index (χ2n) is 9.88. The van der Waals surface area contributed by atoms with Crippen LogP contribution in [0.4, 0.5) is 0 Å².